The number of nitrogens with one attached hydrogen (secondary N) is 2. The molecule has 0 aromatic carbocycles. The van der Waals surface area contributed by atoms with Crippen molar-refractivity contribution in [3.8, 4) is 0 Å². The molecular weight excluding hydrogens is 1240 g/mol. The molecule has 14 N–H and O–H groups in total. The molecule has 3 fully saturated rings. The summed E-state index contributed by atoms with van der Waals surface area (Å²) < 4.78 is 34.9. The molecule has 18 atom stereocenters. The Labute approximate surface area is 575 Å². The van der Waals surface area contributed by atoms with Crippen LogP contribution in [0.4, 0.5) is 0 Å². The fourth-order valence-corrected chi connectivity index (χ4v) is 13.4. The fourth-order valence-electron chi connectivity index (χ4n) is 13.4. The third-order valence-corrected chi connectivity index (χ3v) is 19.5. The van der Waals surface area contributed by atoms with Gasteiger partial charge in [0.15, 0.2) is 12.6 Å². The van der Waals surface area contributed by atoms with Crippen LogP contribution in [0.5, 0.6) is 0 Å². The second-order valence-corrected chi connectivity index (χ2v) is 27.9. The number of aliphatic carboxylic acids is 1. The fraction of sp³-hybridized carbons (Fsp3) is 0.932. The van der Waals surface area contributed by atoms with Crippen LogP contribution < -0.4 is 10.6 Å². The van der Waals surface area contributed by atoms with Crippen molar-refractivity contribution in [1.82, 2.24) is 10.6 Å². The zero-order valence-electron chi connectivity index (χ0n) is 59.2. The summed E-state index contributed by atoms with van der Waals surface area (Å²) in [6.45, 7) is 2.22. The number of aliphatic hydroxyl groups excluding tert-OH is 11. The topological polar surface area (TPSA) is 373 Å². The first-order valence-electron chi connectivity index (χ1n) is 38.0. The van der Waals surface area contributed by atoms with Crippen LogP contribution >= 0.6 is 0 Å². The summed E-state index contributed by atoms with van der Waals surface area (Å²) in [4.78, 5) is 38.6. The van der Waals surface area contributed by atoms with Crippen molar-refractivity contribution in [1.29, 1.82) is 0 Å². The molecule has 3 saturated heterocycles. The smallest absolute Gasteiger partial charge is 0.364 e. The maximum atomic E-state index is 13.5. The van der Waals surface area contributed by atoms with Gasteiger partial charge in [-0.3, -0.25) is 9.59 Å². The second kappa shape index (κ2) is 53.3. The number of ether oxygens (including phenoxy) is 6. The van der Waals surface area contributed by atoms with Crippen LogP contribution in [-0.2, 0) is 42.8 Å². The van der Waals surface area contributed by atoms with Gasteiger partial charge in [-0.2, -0.15) is 0 Å². The highest BCUT2D eigenvalue weighted by molar-refractivity contribution is 5.77. The van der Waals surface area contributed by atoms with Gasteiger partial charge >= 0.3 is 5.97 Å². The number of hydrogen-bond donors (Lipinski definition) is 14. The van der Waals surface area contributed by atoms with Crippen molar-refractivity contribution in [2.75, 3.05) is 26.4 Å². The molecule has 564 valence electrons. The SMILES string of the molecule is CCCCCCCCCCCCCC/C=C\CCCCCCCCCCCCCCCC(=O)NC(COC1OC(CO)C(OC2OC(CO)C(O)C(OC3(C(=O)O)CC(O)C(NC(C)=O)C(C(O)C(O)CO)O3)C2O)C(O)C1O)C(O)CCCCCCCCCCCCCCC. The minimum atomic E-state index is -3.08. The molecule has 23 nitrogen and oxygen atoms in total. The van der Waals surface area contributed by atoms with Crippen molar-refractivity contribution in [3.63, 3.8) is 0 Å². The van der Waals surface area contributed by atoms with Crippen LogP contribution in [0.25, 0.3) is 0 Å². The number of carboxylic acids is 1. The molecule has 0 aromatic heterocycles. The number of carbonyl (C=O) groups excluding carboxylic acids is 2. The number of aliphatic hydroxyl groups is 11. The standard InChI is InChI=1S/C73H136N2O21/c1-4-6-8-10-12-14-16-18-19-20-21-22-23-24-25-26-27-28-29-30-31-32-33-35-37-39-41-43-45-47-60(83)75-54(55(80)46-44-42-40-38-36-34-17-15-13-11-9-7-5-2)52-91-70-65(87)64(86)67(59(51-78)93-70)94-71-66(88)69(63(85)58(50-77)92-71)96-73(72(89)90)48-56(81)61(74-53(3)79)68(95-73)62(84)57(82)49-76/h24-25,54-59,61-71,76-78,80-82,84-88H,4-23,26-52H2,1-3H3,(H,74,79)(H,75,83)(H,89,90)/b25-24-. The first-order chi connectivity index (χ1) is 46.4. The molecule has 3 aliphatic rings. The summed E-state index contributed by atoms with van der Waals surface area (Å²) >= 11 is 0. The van der Waals surface area contributed by atoms with E-state index in [0.717, 1.165) is 58.3 Å². The summed E-state index contributed by atoms with van der Waals surface area (Å²) in [6, 6.07) is -2.53. The van der Waals surface area contributed by atoms with E-state index in [9.17, 15) is 75.7 Å². The van der Waals surface area contributed by atoms with Gasteiger partial charge < -0.3 is 100 Å². The van der Waals surface area contributed by atoms with Crippen LogP contribution in [0.1, 0.15) is 297 Å². The quantitative estimate of drug-likeness (QED) is 0.0200. The number of amides is 2. The van der Waals surface area contributed by atoms with Crippen LogP contribution in [0.15, 0.2) is 12.2 Å². The Hall–Kier alpha value is -2.53. The van der Waals surface area contributed by atoms with Crippen molar-refractivity contribution >= 4 is 17.8 Å². The number of hydrogen-bond acceptors (Lipinski definition) is 20. The molecule has 2 amide bonds. The molecule has 0 spiro atoms. The predicted octanol–water partition coefficient (Wildman–Crippen LogP) is 8.63. The van der Waals surface area contributed by atoms with Gasteiger partial charge in [0.25, 0.3) is 5.79 Å². The molecule has 0 aromatic rings. The van der Waals surface area contributed by atoms with Gasteiger partial charge in [0.2, 0.25) is 11.8 Å². The van der Waals surface area contributed by atoms with Crippen LogP contribution in [0, 0.1) is 0 Å². The molecular formula is C73H136N2O21. The van der Waals surface area contributed by atoms with Gasteiger partial charge in [-0.05, 0) is 38.5 Å². The zero-order valence-corrected chi connectivity index (χ0v) is 59.2. The molecule has 0 aliphatic carbocycles. The summed E-state index contributed by atoms with van der Waals surface area (Å²) in [6.07, 6.45) is 25.1. The van der Waals surface area contributed by atoms with Crippen molar-refractivity contribution in [2.45, 2.75) is 407 Å². The van der Waals surface area contributed by atoms with E-state index in [1.54, 1.807) is 0 Å². The highest BCUT2D eigenvalue weighted by Crippen LogP contribution is 2.39. The highest BCUT2D eigenvalue weighted by Gasteiger charge is 2.60. The van der Waals surface area contributed by atoms with Gasteiger partial charge in [0, 0.05) is 19.8 Å². The monoisotopic (exact) mass is 1380 g/mol. The van der Waals surface area contributed by atoms with Crippen LogP contribution in [0.3, 0.4) is 0 Å². The van der Waals surface area contributed by atoms with Crippen LogP contribution in [-0.4, -0.2) is 215 Å². The minimum Gasteiger partial charge on any atom is -0.477 e. The molecule has 0 saturated carbocycles. The lowest BCUT2D eigenvalue weighted by Crippen LogP contribution is -2.70. The summed E-state index contributed by atoms with van der Waals surface area (Å²) in [5, 5.41) is 136. The highest BCUT2D eigenvalue weighted by atomic mass is 16.8. The number of allylic oxidation sites excluding steroid dienone is 2. The average molecular weight is 1380 g/mol. The molecule has 3 aliphatic heterocycles. The first kappa shape index (κ1) is 87.7. The molecule has 3 rings (SSSR count). The Morgan fingerprint density at radius 3 is 1.41 bits per heavy atom. The lowest BCUT2D eigenvalue weighted by molar-refractivity contribution is -0.386. The number of unbranched alkanes of at least 4 members (excludes halogenated alkanes) is 37. The minimum absolute atomic E-state index is 0.226. The largest absolute Gasteiger partial charge is 0.477 e. The zero-order chi connectivity index (χ0) is 70.4. The Morgan fingerprint density at radius 2 is 0.969 bits per heavy atom. The molecule has 18 unspecified atom stereocenters. The third kappa shape index (κ3) is 34.4. The summed E-state index contributed by atoms with van der Waals surface area (Å²) in [7, 11) is 0. The van der Waals surface area contributed by atoms with Gasteiger partial charge in [-0.25, -0.2) is 4.79 Å². The Kier molecular flexibility index (Phi) is 48.7. The first-order valence-corrected chi connectivity index (χ1v) is 38.0. The molecule has 0 bridgehead atoms. The molecule has 23 heteroatoms. The van der Waals surface area contributed by atoms with E-state index >= 15 is 0 Å². The Balaban J connectivity index is 1.49. The maximum Gasteiger partial charge on any atom is 0.364 e. The van der Waals surface area contributed by atoms with Crippen molar-refractivity contribution in [3.05, 3.63) is 12.2 Å². The summed E-state index contributed by atoms with van der Waals surface area (Å²) in [5.74, 6) is -6.10. The second-order valence-electron chi connectivity index (χ2n) is 27.9. The number of carboxylic acid groups (broad SMARTS) is 1. The molecule has 0 radical (unpaired) electrons. The van der Waals surface area contributed by atoms with Gasteiger partial charge in [0.1, 0.15) is 67.1 Å². The molecule has 96 heavy (non-hydrogen) atoms. The summed E-state index contributed by atoms with van der Waals surface area (Å²) in [5.41, 5.74) is 0. The Bertz CT molecular complexity index is 1980. The lowest BCUT2D eigenvalue weighted by Gasteiger charge is -2.50. The van der Waals surface area contributed by atoms with Gasteiger partial charge in [-0.15, -0.1) is 0 Å². The van der Waals surface area contributed by atoms with E-state index in [2.05, 4.69) is 36.6 Å². The lowest BCUT2D eigenvalue weighted by atomic mass is 9.88. The van der Waals surface area contributed by atoms with E-state index < -0.39 is 148 Å². The normalized spacial score (nSPS) is 27.6. The van der Waals surface area contributed by atoms with Gasteiger partial charge in [-0.1, -0.05) is 251 Å². The number of carbonyl (C=O) groups is 3. The van der Waals surface area contributed by atoms with E-state index in [4.69, 9.17) is 28.4 Å². The Morgan fingerprint density at radius 1 is 0.531 bits per heavy atom. The van der Waals surface area contributed by atoms with E-state index in [1.807, 2.05) is 0 Å². The average Bonchev–Trinajstić information content (AvgIpc) is 0.758. The third-order valence-electron chi connectivity index (χ3n) is 19.5. The van der Waals surface area contributed by atoms with Crippen molar-refractivity contribution < 1.29 is 104 Å². The van der Waals surface area contributed by atoms with E-state index in [1.165, 1.54) is 193 Å². The van der Waals surface area contributed by atoms with Crippen LogP contribution in [0.2, 0.25) is 0 Å². The number of rotatable bonds is 59. The maximum absolute atomic E-state index is 13.5. The van der Waals surface area contributed by atoms with Gasteiger partial charge in [0.05, 0.1) is 50.7 Å². The van der Waals surface area contributed by atoms with Crippen molar-refractivity contribution in [2.24, 2.45) is 0 Å². The molecule has 3 heterocycles. The predicted molar refractivity (Wildman–Crippen MR) is 366 cm³/mol. The van der Waals surface area contributed by atoms with E-state index in [-0.39, 0.29) is 18.9 Å². The van der Waals surface area contributed by atoms with E-state index in [0.29, 0.717) is 19.3 Å².